The maximum atomic E-state index is 12.9. The molecule has 0 atom stereocenters. The molecule has 2 aromatic carbocycles. The third kappa shape index (κ3) is 3.96. The minimum atomic E-state index is -1.07. The summed E-state index contributed by atoms with van der Waals surface area (Å²) < 4.78 is 11.2. The lowest BCUT2D eigenvalue weighted by Gasteiger charge is -2.07. The van der Waals surface area contributed by atoms with E-state index < -0.39 is 11.9 Å². The fourth-order valence-corrected chi connectivity index (χ4v) is 3.41. The molecular weight excluding hydrogens is 372 g/mol. The molecular formula is C23H18O6. The monoisotopic (exact) mass is 390 g/mol. The lowest BCUT2D eigenvalue weighted by molar-refractivity contribution is -0.142. The van der Waals surface area contributed by atoms with Gasteiger partial charge < -0.3 is 14.3 Å². The van der Waals surface area contributed by atoms with Gasteiger partial charge in [-0.3, -0.25) is 14.4 Å². The highest BCUT2D eigenvalue weighted by Crippen LogP contribution is 2.34. The highest BCUT2D eigenvalue weighted by atomic mass is 16.5. The zero-order valence-electron chi connectivity index (χ0n) is 15.5. The molecule has 0 spiro atoms. The maximum absolute atomic E-state index is 12.9. The Hall–Kier alpha value is -3.67. The van der Waals surface area contributed by atoms with Crippen molar-refractivity contribution in [2.24, 2.45) is 0 Å². The minimum Gasteiger partial charge on any atom is -0.481 e. The zero-order valence-corrected chi connectivity index (χ0v) is 15.5. The van der Waals surface area contributed by atoms with Crippen LogP contribution < -0.4 is 10.2 Å². The van der Waals surface area contributed by atoms with Gasteiger partial charge in [-0.2, -0.15) is 0 Å². The second-order valence-electron chi connectivity index (χ2n) is 6.84. The lowest BCUT2D eigenvalue weighted by Crippen LogP contribution is -2.11. The number of benzene rings is 2. The minimum absolute atomic E-state index is 0.0820. The molecule has 1 heterocycles. The Morgan fingerprint density at radius 2 is 1.86 bits per heavy atom. The lowest BCUT2D eigenvalue weighted by atomic mass is 10.1. The second-order valence-corrected chi connectivity index (χ2v) is 6.84. The third-order valence-corrected chi connectivity index (χ3v) is 4.81. The number of allylic oxidation sites excluding steroid dienone is 1. The largest absolute Gasteiger partial charge is 0.481 e. The van der Waals surface area contributed by atoms with E-state index in [-0.39, 0.29) is 24.0 Å². The van der Waals surface area contributed by atoms with Crippen molar-refractivity contribution in [3.8, 4) is 5.75 Å². The average molecular weight is 390 g/mol. The molecule has 1 N–H and O–H groups in total. The third-order valence-electron chi connectivity index (χ3n) is 4.81. The summed E-state index contributed by atoms with van der Waals surface area (Å²) in [6.45, 7) is 0. The number of carbonyl (C=O) groups excluding carboxylic acids is 1. The van der Waals surface area contributed by atoms with Gasteiger partial charge in [0.15, 0.2) is 5.43 Å². The number of aliphatic carboxylic acids is 1. The average Bonchev–Trinajstić information content (AvgIpc) is 3.10. The zero-order chi connectivity index (χ0) is 20.4. The van der Waals surface area contributed by atoms with Crippen LogP contribution in [-0.4, -0.2) is 17.0 Å². The van der Waals surface area contributed by atoms with E-state index in [9.17, 15) is 14.4 Å². The molecule has 0 fully saturated rings. The Bertz CT molecular complexity index is 1190. The number of fused-ring (bicyclic) bond motifs is 2. The molecule has 0 amide bonds. The highest BCUT2D eigenvalue weighted by molar-refractivity contribution is 5.88. The summed E-state index contributed by atoms with van der Waals surface area (Å²) in [5.74, 6) is -0.942. The standard InChI is InChI=1S/C23H18O6/c24-20(25)10-11-21(26)28-16-7-9-17-19(13-16)29-23-15(6-8-18(23)22(17)27)12-14-4-2-1-3-5-14/h1-5,7,9,12-13H,6,8,10-11H2,(H,24,25). The molecule has 0 aliphatic heterocycles. The topological polar surface area (TPSA) is 93.8 Å². The van der Waals surface area contributed by atoms with Crippen molar-refractivity contribution in [2.45, 2.75) is 25.7 Å². The summed E-state index contributed by atoms with van der Waals surface area (Å²) in [4.78, 5) is 35.2. The molecule has 1 aromatic heterocycles. The van der Waals surface area contributed by atoms with Gasteiger partial charge in [-0.15, -0.1) is 0 Å². The Balaban J connectivity index is 1.68. The van der Waals surface area contributed by atoms with Gasteiger partial charge in [0.25, 0.3) is 0 Å². The van der Waals surface area contributed by atoms with Gasteiger partial charge in [0.05, 0.1) is 18.2 Å². The number of hydrogen-bond donors (Lipinski definition) is 1. The van der Waals surface area contributed by atoms with E-state index in [1.54, 1.807) is 6.07 Å². The van der Waals surface area contributed by atoms with Gasteiger partial charge in [0.2, 0.25) is 0 Å². The first-order chi connectivity index (χ1) is 14.0. The van der Waals surface area contributed by atoms with Gasteiger partial charge in [-0.05, 0) is 42.2 Å². The number of esters is 1. The summed E-state index contributed by atoms with van der Waals surface area (Å²) in [7, 11) is 0. The Morgan fingerprint density at radius 1 is 1.07 bits per heavy atom. The van der Waals surface area contributed by atoms with Crippen LogP contribution >= 0.6 is 0 Å². The molecule has 0 saturated carbocycles. The van der Waals surface area contributed by atoms with Crippen LogP contribution in [0.15, 0.2) is 57.7 Å². The predicted octanol–water partition coefficient (Wildman–Crippen LogP) is 4.05. The van der Waals surface area contributed by atoms with Gasteiger partial charge in [0, 0.05) is 11.6 Å². The van der Waals surface area contributed by atoms with Crippen LogP contribution in [-0.2, 0) is 16.0 Å². The van der Waals surface area contributed by atoms with E-state index >= 15 is 0 Å². The van der Waals surface area contributed by atoms with Gasteiger partial charge in [-0.1, -0.05) is 30.3 Å². The molecule has 3 aromatic rings. The molecule has 6 nitrogen and oxygen atoms in total. The summed E-state index contributed by atoms with van der Waals surface area (Å²) in [5.41, 5.74) is 2.89. The normalized spacial score (nSPS) is 14.1. The van der Waals surface area contributed by atoms with Crippen molar-refractivity contribution < 1.29 is 23.8 Å². The number of carbonyl (C=O) groups is 2. The van der Waals surface area contributed by atoms with Crippen molar-refractivity contribution in [2.75, 3.05) is 0 Å². The number of ether oxygens (including phenoxy) is 1. The molecule has 6 heteroatoms. The molecule has 146 valence electrons. The maximum Gasteiger partial charge on any atom is 0.311 e. The van der Waals surface area contributed by atoms with Crippen LogP contribution in [0.1, 0.15) is 36.1 Å². The van der Waals surface area contributed by atoms with E-state index in [4.69, 9.17) is 14.3 Å². The molecule has 0 unspecified atom stereocenters. The summed E-state index contributed by atoms with van der Waals surface area (Å²) >= 11 is 0. The molecule has 0 bridgehead atoms. The first kappa shape index (κ1) is 18.7. The summed E-state index contributed by atoms with van der Waals surface area (Å²) in [5, 5.41) is 9.08. The van der Waals surface area contributed by atoms with E-state index in [1.807, 2.05) is 36.4 Å². The highest BCUT2D eigenvalue weighted by Gasteiger charge is 2.24. The van der Waals surface area contributed by atoms with Gasteiger partial charge in [0.1, 0.15) is 17.1 Å². The SMILES string of the molecule is O=C(O)CCC(=O)Oc1ccc2c(=O)c3c(oc2c1)C(=Cc1ccccc1)CC3. The van der Waals surface area contributed by atoms with Crippen LogP contribution in [0.25, 0.3) is 22.6 Å². The number of carboxylic acid groups (broad SMARTS) is 1. The van der Waals surface area contributed by atoms with Gasteiger partial charge >= 0.3 is 11.9 Å². The molecule has 1 aliphatic carbocycles. The number of carboxylic acids is 1. The van der Waals surface area contributed by atoms with Crippen molar-refractivity contribution in [1.29, 1.82) is 0 Å². The van der Waals surface area contributed by atoms with Crippen LogP contribution in [0, 0.1) is 0 Å². The van der Waals surface area contributed by atoms with Crippen LogP contribution in [0.2, 0.25) is 0 Å². The Kier molecular flexibility index (Phi) is 4.99. The molecule has 29 heavy (non-hydrogen) atoms. The van der Waals surface area contributed by atoms with Crippen molar-refractivity contribution in [1.82, 2.24) is 0 Å². The van der Waals surface area contributed by atoms with E-state index in [0.717, 1.165) is 17.6 Å². The van der Waals surface area contributed by atoms with E-state index in [0.29, 0.717) is 28.7 Å². The van der Waals surface area contributed by atoms with Crippen molar-refractivity contribution in [3.05, 3.63) is 75.6 Å². The Labute approximate surface area is 166 Å². The van der Waals surface area contributed by atoms with Crippen molar-refractivity contribution >= 4 is 34.6 Å². The Morgan fingerprint density at radius 3 is 2.62 bits per heavy atom. The number of rotatable bonds is 5. The van der Waals surface area contributed by atoms with Crippen LogP contribution in [0.4, 0.5) is 0 Å². The molecule has 0 saturated heterocycles. The van der Waals surface area contributed by atoms with Gasteiger partial charge in [-0.25, -0.2) is 0 Å². The molecule has 0 radical (unpaired) electrons. The fourth-order valence-electron chi connectivity index (χ4n) is 3.41. The molecule has 4 rings (SSSR count). The summed E-state index contributed by atoms with van der Waals surface area (Å²) in [6, 6.07) is 14.4. The second kappa shape index (κ2) is 7.75. The van der Waals surface area contributed by atoms with E-state index in [1.165, 1.54) is 12.1 Å². The number of hydrogen-bond acceptors (Lipinski definition) is 5. The first-order valence-electron chi connectivity index (χ1n) is 9.29. The van der Waals surface area contributed by atoms with Crippen LogP contribution in [0.5, 0.6) is 5.75 Å². The predicted molar refractivity (Wildman–Crippen MR) is 108 cm³/mol. The smallest absolute Gasteiger partial charge is 0.311 e. The fraction of sp³-hybridized carbons (Fsp3) is 0.174. The first-order valence-corrected chi connectivity index (χ1v) is 9.29. The van der Waals surface area contributed by atoms with Crippen molar-refractivity contribution in [3.63, 3.8) is 0 Å². The molecule has 1 aliphatic rings. The van der Waals surface area contributed by atoms with Crippen LogP contribution in [0.3, 0.4) is 0 Å². The quantitative estimate of drug-likeness (QED) is 0.522. The summed E-state index contributed by atoms with van der Waals surface area (Å²) in [6.07, 6.45) is 2.82. The van der Waals surface area contributed by atoms with E-state index in [2.05, 4.69) is 0 Å².